The van der Waals surface area contributed by atoms with Gasteiger partial charge in [0.05, 0.1) is 6.04 Å². The average molecular weight is 282 g/mol. The molecule has 0 radical (unpaired) electrons. The average Bonchev–Trinajstić information content (AvgIpc) is 2.93. The van der Waals surface area contributed by atoms with Gasteiger partial charge in [-0.15, -0.1) is 10.2 Å². The lowest BCUT2D eigenvalue weighted by atomic mass is 9.82. The van der Waals surface area contributed by atoms with Crippen LogP contribution in [0.3, 0.4) is 0 Å². The Bertz CT molecular complexity index is 469. The number of urea groups is 1. The molecule has 1 aromatic rings. The number of nitrogens with zero attached hydrogens (tertiary/aromatic N) is 3. The van der Waals surface area contributed by atoms with E-state index >= 15 is 0 Å². The van der Waals surface area contributed by atoms with E-state index in [-0.39, 0.29) is 0 Å². The molecule has 9 heteroatoms. The maximum Gasteiger partial charge on any atom is 0.329 e. The summed E-state index contributed by atoms with van der Waals surface area (Å²) >= 11 is 0. The van der Waals surface area contributed by atoms with E-state index in [2.05, 4.69) is 31.3 Å². The summed E-state index contributed by atoms with van der Waals surface area (Å²) in [6.45, 7) is 1.69. The lowest BCUT2D eigenvalue weighted by molar-refractivity contribution is -0.145. The first-order chi connectivity index (χ1) is 9.53. The molecule has 1 aromatic heterocycles. The van der Waals surface area contributed by atoms with E-state index < -0.39 is 23.6 Å². The number of aromatic amines is 1. The second kappa shape index (κ2) is 5.85. The molecule has 0 aliphatic heterocycles. The molecule has 2 amide bonds. The van der Waals surface area contributed by atoms with Gasteiger partial charge in [0.25, 0.3) is 0 Å². The van der Waals surface area contributed by atoms with E-state index in [0.717, 1.165) is 19.3 Å². The molecule has 4 N–H and O–H groups in total. The number of amides is 2. The molecule has 0 aromatic carbocycles. The van der Waals surface area contributed by atoms with E-state index in [9.17, 15) is 14.7 Å². The molecule has 110 valence electrons. The molecule has 9 nitrogen and oxygen atoms in total. The number of nitrogens with one attached hydrogen (secondary N) is 3. The van der Waals surface area contributed by atoms with Gasteiger partial charge in [-0.3, -0.25) is 0 Å². The Morgan fingerprint density at radius 1 is 1.35 bits per heavy atom. The van der Waals surface area contributed by atoms with Crippen molar-refractivity contribution < 1.29 is 14.7 Å². The number of aliphatic carboxylic acids is 1. The number of hydrogen-bond acceptors (Lipinski definition) is 5. The zero-order valence-corrected chi connectivity index (χ0v) is 11.2. The van der Waals surface area contributed by atoms with Crippen molar-refractivity contribution >= 4 is 12.0 Å². The molecule has 2 rings (SSSR count). The van der Waals surface area contributed by atoms with Gasteiger partial charge in [-0.25, -0.2) is 9.59 Å². The van der Waals surface area contributed by atoms with E-state index in [0.29, 0.717) is 18.7 Å². The molecule has 1 unspecified atom stereocenters. The Morgan fingerprint density at radius 2 is 2.05 bits per heavy atom. The number of aromatic nitrogens is 4. The monoisotopic (exact) mass is 282 g/mol. The highest BCUT2D eigenvalue weighted by atomic mass is 16.4. The number of rotatable bonds is 4. The fourth-order valence-corrected chi connectivity index (χ4v) is 2.42. The Kier molecular flexibility index (Phi) is 4.16. The summed E-state index contributed by atoms with van der Waals surface area (Å²) in [5, 5.41) is 27.8. The van der Waals surface area contributed by atoms with Gasteiger partial charge in [0.15, 0.2) is 5.82 Å². The highest BCUT2D eigenvalue weighted by molar-refractivity contribution is 5.86. The van der Waals surface area contributed by atoms with E-state index in [4.69, 9.17) is 0 Å². The van der Waals surface area contributed by atoms with Crippen molar-refractivity contribution in [3.63, 3.8) is 0 Å². The summed E-state index contributed by atoms with van der Waals surface area (Å²) < 4.78 is 0. The fraction of sp³-hybridized carbons (Fsp3) is 0.727. The van der Waals surface area contributed by atoms with Gasteiger partial charge in [0.2, 0.25) is 0 Å². The third-order valence-electron chi connectivity index (χ3n) is 3.57. The molecular formula is C11H18N6O3. The lowest BCUT2D eigenvalue weighted by Gasteiger charge is -2.34. The van der Waals surface area contributed by atoms with E-state index in [1.165, 1.54) is 0 Å². The Hall–Kier alpha value is -2.19. The first-order valence-electron chi connectivity index (χ1n) is 6.59. The molecule has 0 spiro atoms. The molecule has 1 saturated carbocycles. The number of tetrazole rings is 1. The number of carboxylic acids is 1. The number of carbonyl (C=O) groups is 2. The van der Waals surface area contributed by atoms with E-state index in [1.807, 2.05) is 0 Å². The minimum absolute atomic E-state index is 0.341. The summed E-state index contributed by atoms with van der Waals surface area (Å²) in [6.07, 6.45) is 3.50. The van der Waals surface area contributed by atoms with Gasteiger partial charge in [-0.05, 0) is 19.8 Å². The van der Waals surface area contributed by atoms with Crippen LogP contribution < -0.4 is 10.6 Å². The van der Waals surface area contributed by atoms with Crippen molar-refractivity contribution in [3.8, 4) is 0 Å². The number of H-pyrrole nitrogens is 1. The quantitative estimate of drug-likeness (QED) is 0.629. The highest BCUT2D eigenvalue weighted by Crippen LogP contribution is 2.28. The van der Waals surface area contributed by atoms with Gasteiger partial charge in [-0.2, -0.15) is 5.21 Å². The lowest BCUT2D eigenvalue weighted by Crippen LogP contribution is -2.58. The van der Waals surface area contributed by atoms with Crippen molar-refractivity contribution in [3.05, 3.63) is 5.82 Å². The molecule has 0 saturated heterocycles. The zero-order chi connectivity index (χ0) is 14.6. The number of carbonyl (C=O) groups excluding carboxylic acids is 1. The third-order valence-corrected chi connectivity index (χ3v) is 3.57. The molecule has 1 aliphatic rings. The van der Waals surface area contributed by atoms with Gasteiger partial charge < -0.3 is 15.7 Å². The first kappa shape index (κ1) is 14.2. The van der Waals surface area contributed by atoms with Crippen molar-refractivity contribution in [2.24, 2.45) is 0 Å². The highest BCUT2D eigenvalue weighted by Gasteiger charge is 2.41. The third kappa shape index (κ3) is 3.03. The standard InChI is InChI=1S/C11H18N6O3/c1-7(8-14-16-17-15-8)12-10(20)13-11(9(18)19)5-3-2-4-6-11/h7H,2-6H2,1H3,(H,18,19)(H2,12,13,20)(H,14,15,16,17). The predicted octanol–water partition coefficient (Wildman–Crippen LogP) is 0.347. The fourth-order valence-electron chi connectivity index (χ4n) is 2.42. The van der Waals surface area contributed by atoms with Gasteiger partial charge in [-0.1, -0.05) is 24.5 Å². The van der Waals surface area contributed by atoms with Gasteiger partial charge >= 0.3 is 12.0 Å². The summed E-state index contributed by atoms with van der Waals surface area (Å²) in [5.41, 5.74) is -1.17. The summed E-state index contributed by atoms with van der Waals surface area (Å²) in [5.74, 6) is -0.646. The van der Waals surface area contributed by atoms with Crippen LogP contribution in [0.5, 0.6) is 0 Å². The largest absolute Gasteiger partial charge is 0.480 e. The molecule has 1 atom stereocenters. The van der Waals surface area contributed by atoms with Crippen molar-refractivity contribution in [1.29, 1.82) is 0 Å². The molecule has 1 heterocycles. The Balaban J connectivity index is 1.97. The van der Waals surface area contributed by atoms with Crippen LogP contribution in [0.4, 0.5) is 4.79 Å². The summed E-state index contributed by atoms with van der Waals surface area (Å²) in [4.78, 5) is 23.4. The second-order valence-electron chi connectivity index (χ2n) is 5.04. The van der Waals surface area contributed by atoms with Crippen LogP contribution in [-0.2, 0) is 4.79 Å². The SMILES string of the molecule is CC(NC(=O)NC1(C(=O)O)CCCCC1)c1nn[nH]n1. The van der Waals surface area contributed by atoms with Crippen LogP contribution >= 0.6 is 0 Å². The van der Waals surface area contributed by atoms with Crippen LogP contribution in [-0.4, -0.2) is 43.3 Å². The second-order valence-corrected chi connectivity index (χ2v) is 5.04. The minimum Gasteiger partial charge on any atom is -0.480 e. The Morgan fingerprint density at radius 3 is 2.60 bits per heavy atom. The summed E-state index contributed by atoms with van der Waals surface area (Å²) in [7, 11) is 0. The first-order valence-corrected chi connectivity index (χ1v) is 6.59. The Labute approximate surface area is 115 Å². The van der Waals surface area contributed by atoms with Gasteiger partial charge in [0.1, 0.15) is 5.54 Å². The molecule has 1 aliphatic carbocycles. The molecule has 0 bridgehead atoms. The topological polar surface area (TPSA) is 133 Å². The van der Waals surface area contributed by atoms with Crippen LogP contribution in [0.1, 0.15) is 50.9 Å². The van der Waals surface area contributed by atoms with Crippen LogP contribution in [0, 0.1) is 0 Å². The number of carboxylic acid groups (broad SMARTS) is 1. The van der Waals surface area contributed by atoms with Gasteiger partial charge in [0, 0.05) is 0 Å². The van der Waals surface area contributed by atoms with Crippen LogP contribution in [0.15, 0.2) is 0 Å². The smallest absolute Gasteiger partial charge is 0.329 e. The number of hydrogen-bond donors (Lipinski definition) is 4. The van der Waals surface area contributed by atoms with Crippen LogP contribution in [0.2, 0.25) is 0 Å². The van der Waals surface area contributed by atoms with Crippen molar-refractivity contribution in [2.45, 2.75) is 50.6 Å². The molecular weight excluding hydrogens is 264 g/mol. The normalized spacial score (nSPS) is 19.1. The minimum atomic E-state index is -1.17. The van der Waals surface area contributed by atoms with Crippen molar-refractivity contribution in [2.75, 3.05) is 0 Å². The maximum absolute atomic E-state index is 12.0. The molecule has 20 heavy (non-hydrogen) atoms. The zero-order valence-electron chi connectivity index (χ0n) is 11.2. The predicted molar refractivity (Wildman–Crippen MR) is 67.7 cm³/mol. The molecule has 1 fully saturated rings. The summed E-state index contributed by atoms with van der Waals surface area (Å²) in [6, 6.07) is -0.991. The maximum atomic E-state index is 12.0. The van der Waals surface area contributed by atoms with Crippen molar-refractivity contribution in [1.82, 2.24) is 31.3 Å². The van der Waals surface area contributed by atoms with Crippen LogP contribution in [0.25, 0.3) is 0 Å². The van der Waals surface area contributed by atoms with E-state index in [1.54, 1.807) is 6.92 Å².